The van der Waals surface area contributed by atoms with Crippen LogP contribution in [0.5, 0.6) is 0 Å². The Bertz CT molecular complexity index is 360. The molecule has 1 atom stereocenters. The maximum Gasteiger partial charge on any atom is 0.216 e. The minimum Gasteiger partial charge on any atom is -0.377 e. The summed E-state index contributed by atoms with van der Waals surface area (Å²) < 4.78 is 31.3. The Hall–Kier alpha value is -0.170. The van der Waals surface area contributed by atoms with E-state index < -0.39 is 10.0 Å². The van der Waals surface area contributed by atoms with E-state index in [0.717, 1.165) is 32.4 Å². The smallest absolute Gasteiger partial charge is 0.216 e. The van der Waals surface area contributed by atoms with Gasteiger partial charge >= 0.3 is 0 Å². The number of nitrogens with one attached hydrogen (secondary N) is 1. The summed E-state index contributed by atoms with van der Waals surface area (Å²) in [7, 11) is -1.45. The van der Waals surface area contributed by atoms with Crippen LogP contribution in [0.2, 0.25) is 0 Å². The first-order valence-corrected chi connectivity index (χ1v) is 8.95. The zero-order valence-electron chi connectivity index (χ0n) is 11.8. The first kappa shape index (κ1) is 15.2. The second kappa shape index (κ2) is 7.02. The van der Waals surface area contributed by atoms with E-state index in [1.807, 2.05) is 0 Å². The number of hydrogen-bond donors (Lipinski definition) is 1. The van der Waals surface area contributed by atoms with Crippen molar-refractivity contribution >= 4 is 10.0 Å². The van der Waals surface area contributed by atoms with Crippen LogP contribution in [0.3, 0.4) is 0 Å². The van der Waals surface area contributed by atoms with Gasteiger partial charge in [0, 0.05) is 20.2 Å². The van der Waals surface area contributed by atoms with Crippen LogP contribution >= 0.6 is 0 Å². The van der Waals surface area contributed by atoms with Gasteiger partial charge in [0.05, 0.1) is 11.9 Å². The highest BCUT2D eigenvalue weighted by atomic mass is 32.2. The van der Waals surface area contributed by atoms with Crippen molar-refractivity contribution in [2.45, 2.75) is 38.2 Å². The monoisotopic (exact) mass is 290 g/mol. The van der Waals surface area contributed by atoms with Gasteiger partial charge in [0.1, 0.15) is 0 Å². The molecule has 0 bridgehead atoms. The molecular formula is C13H26N2O3S. The third-order valence-corrected chi connectivity index (χ3v) is 6.13. The summed E-state index contributed by atoms with van der Waals surface area (Å²) in [5, 5.41) is 3.33. The Kier molecular flexibility index (Phi) is 5.62. The van der Waals surface area contributed by atoms with Gasteiger partial charge in [-0.1, -0.05) is 0 Å². The number of ether oxygens (including phenoxy) is 1. The van der Waals surface area contributed by atoms with Crippen LogP contribution in [-0.2, 0) is 14.8 Å². The summed E-state index contributed by atoms with van der Waals surface area (Å²) in [5.41, 5.74) is 0. The molecular weight excluding hydrogens is 264 g/mol. The lowest BCUT2D eigenvalue weighted by molar-refractivity contribution is 0.126. The minimum absolute atomic E-state index is 0.0914. The lowest BCUT2D eigenvalue weighted by Crippen LogP contribution is -2.36. The first-order chi connectivity index (χ1) is 9.08. The van der Waals surface area contributed by atoms with Crippen molar-refractivity contribution in [3.63, 3.8) is 0 Å². The second-order valence-electron chi connectivity index (χ2n) is 5.72. The van der Waals surface area contributed by atoms with Gasteiger partial charge < -0.3 is 10.1 Å². The third kappa shape index (κ3) is 4.70. The van der Waals surface area contributed by atoms with Crippen LogP contribution in [0.4, 0.5) is 0 Å². The molecule has 0 aromatic heterocycles. The van der Waals surface area contributed by atoms with Crippen molar-refractivity contribution in [2.24, 2.45) is 5.92 Å². The zero-order chi connectivity index (χ0) is 13.7. The van der Waals surface area contributed by atoms with Crippen LogP contribution in [-0.4, -0.2) is 57.9 Å². The number of sulfonamides is 1. The van der Waals surface area contributed by atoms with Gasteiger partial charge in [0.15, 0.2) is 0 Å². The highest BCUT2D eigenvalue weighted by Crippen LogP contribution is 2.19. The van der Waals surface area contributed by atoms with Gasteiger partial charge in [-0.15, -0.1) is 0 Å². The molecule has 0 saturated carbocycles. The molecule has 2 rings (SSSR count). The van der Waals surface area contributed by atoms with Crippen molar-refractivity contribution in [1.82, 2.24) is 9.62 Å². The van der Waals surface area contributed by atoms with Gasteiger partial charge in [-0.05, 0) is 51.1 Å². The lowest BCUT2D eigenvalue weighted by atomic mass is 9.95. The third-order valence-electron chi connectivity index (χ3n) is 4.21. The van der Waals surface area contributed by atoms with Crippen molar-refractivity contribution in [1.29, 1.82) is 0 Å². The quantitative estimate of drug-likeness (QED) is 0.787. The molecule has 2 saturated heterocycles. The largest absolute Gasteiger partial charge is 0.377 e. The zero-order valence-corrected chi connectivity index (χ0v) is 12.6. The van der Waals surface area contributed by atoms with E-state index >= 15 is 0 Å². The standard InChI is InChI=1S/C13H26N2O3S/c1-15(9-6-12-4-7-14-8-5-12)19(16,17)11-13-3-2-10-18-13/h12-14H,2-11H2,1H3. The van der Waals surface area contributed by atoms with Crippen molar-refractivity contribution in [3.05, 3.63) is 0 Å². The van der Waals surface area contributed by atoms with Gasteiger partial charge in [0.25, 0.3) is 0 Å². The molecule has 0 aromatic rings. The fourth-order valence-electron chi connectivity index (χ4n) is 2.81. The summed E-state index contributed by atoms with van der Waals surface area (Å²) in [6.07, 6.45) is 5.08. The Morgan fingerprint density at radius 1 is 1.26 bits per heavy atom. The molecule has 0 radical (unpaired) electrons. The molecule has 1 unspecified atom stereocenters. The molecule has 0 aliphatic carbocycles. The summed E-state index contributed by atoms with van der Waals surface area (Å²) in [4.78, 5) is 0. The van der Waals surface area contributed by atoms with Crippen LogP contribution in [0.25, 0.3) is 0 Å². The molecule has 2 fully saturated rings. The van der Waals surface area contributed by atoms with E-state index in [9.17, 15) is 8.42 Å². The fourth-order valence-corrected chi connectivity index (χ4v) is 4.18. The summed E-state index contributed by atoms with van der Waals surface area (Å²) in [6.45, 7) is 3.48. The highest BCUT2D eigenvalue weighted by Gasteiger charge is 2.27. The van der Waals surface area contributed by atoms with Crippen LogP contribution in [0.15, 0.2) is 0 Å². The molecule has 0 aromatic carbocycles. The summed E-state index contributed by atoms with van der Waals surface area (Å²) >= 11 is 0. The fraction of sp³-hybridized carbons (Fsp3) is 1.00. The molecule has 19 heavy (non-hydrogen) atoms. The van der Waals surface area contributed by atoms with E-state index in [2.05, 4.69) is 5.32 Å². The Balaban J connectivity index is 1.75. The molecule has 0 spiro atoms. The molecule has 2 heterocycles. The van der Waals surface area contributed by atoms with Gasteiger partial charge in [0.2, 0.25) is 10.0 Å². The number of rotatable bonds is 6. The SMILES string of the molecule is CN(CCC1CCNCC1)S(=O)(=O)CC1CCCO1. The van der Waals surface area contributed by atoms with Crippen molar-refractivity contribution in [3.8, 4) is 0 Å². The van der Waals surface area contributed by atoms with Gasteiger partial charge in [-0.25, -0.2) is 12.7 Å². The average Bonchev–Trinajstić information content (AvgIpc) is 2.89. The van der Waals surface area contributed by atoms with E-state index in [0.29, 0.717) is 19.1 Å². The van der Waals surface area contributed by atoms with E-state index in [-0.39, 0.29) is 11.9 Å². The van der Waals surface area contributed by atoms with Gasteiger partial charge in [-0.3, -0.25) is 0 Å². The van der Waals surface area contributed by atoms with Gasteiger partial charge in [-0.2, -0.15) is 0 Å². The average molecular weight is 290 g/mol. The van der Waals surface area contributed by atoms with E-state index in [4.69, 9.17) is 4.74 Å². The molecule has 6 heteroatoms. The van der Waals surface area contributed by atoms with Crippen molar-refractivity contribution in [2.75, 3.05) is 39.0 Å². The molecule has 2 aliphatic rings. The van der Waals surface area contributed by atoms with E-state index in [1.165, 1.54) is 17.1 Å². The highest BCUT2D eigenvalue weighted by molar-refractivity contribution is 7.89. The molecule has 2 aliphatic heterocycles. The lowest BCUT2D eigenvalue weighted by Gasteiger charge is -2.25. The second-order valence-corrected chi connectivity index (χ2v) is 7.84. The maximum atomic E-state index is 12.2. The first-order valence-electron chi connectivity index (χ1n) is 7.34. The maximum absolute atomic E-state index is 12.2. The minimum atomic E-state index is -3.15. The molecule has 1 N–H and O–H groups in total. The summed E-state index contributed by atoms with van der Waals surface area (Å²) in [6, 6.07) is 0. The summed E-state index contributed by atoms with van der Waals surface area (Å²) in [5.74, 6) is 0.817. The molecule has 0 amide bonds. The van der Waals surface area contributed by atoms with Crippen LogP contribution < -0.4 is 5.32 Å². The number of hydrogen-bond acceptors (Lipinski definition) is 4. The Morgan fingerprint density at radius 2 is 2.00 bits per heavy atom. The molecule has 112 valence electrons. The van der Waals surface area contributed by atoms with Crippen LogP contribution in [0, 0.1) is 5.92 Å². The number of piperidine rings is 1. The van der Waals surface area contributed by atoms with Crippen LogP contribution in [0.1, 0.15) is 32.1 Å². The number of nitrogens with zero attached hydrogens (tertiary/aromatic N) is 1. The Morgan fingerprint density at radius 3 is 2.63 bits per heavy atom. The normalized spacial score (nSPS) is 26.1. The predicted molar refractivity (Wildman–Crippen MR) is 75.6 cm³/mol. The van der Waals surface area contributed by atoms with E-state index in [1.54, 1.807) is 7.05 Å². The molecule has 5 nitrogen and oxygen atoms in total. The predicted octanol–water partition coefficient (Wildman–Crippen LogP) is 0.817. The van der Waals surface area contributed by atoms with Crippen molar-refractivity contribution < 1.29 is 13.2 Å². The Labute approximate surface area is 116 Å². The topological polar surface area (TPSA) is 58.6 Å².